The molecule has 0 aromatic heterocycles. The van der Waals surface area contributed by atoms with Crippen LogP contribution >= 0.6 is 12.6 Å². The first-order chi connectivity index (χ1) is 13.4. The van der Waals surface area contributed by atoms with E-state index in [1.165, 1.54) is 0 Å². The van der Waals surface area contributed by atoms with Crippen LogP contribution in [0.25, 0.3) is 0 Å². The predicted octanol–water partition coefficient (Wildman–Crippen LogP) is -4.88. The standard InChI is InChI=1S/C14H23N5O9S/c15-5(4-29)11(24)19-8(3-20)13(26)17-6(1-9(16)21)12(25)18-7(14(27)28)2-10(22)23/h5-8,20,29H,1-4,15H2,(H2,16,21)(H,17,26)(H,18,25)(H,19,24)(H,22,23)(H,27,28). The highest BCUT2D eigenvalue weighted by Gasteiger charge is 2.31. The van der Waals surface area contributed by atoms with Gasteiger partial charge in [-0.1, -0.05) is 0 Å². The number of nitrogens with one attached hydrogen (secondary N) is 3. The van der Waals surface area contributed by atoms with Gasteiger partial charge in [-0.05, 0) is 0 Å². The van der Waals surface area contributed by atoms with Gasteiger partial charge in [0.25, 0.3) is 0 Å². The normalized spacial score (nSPS) is 14.6. The molecule has 164 valence electrons. The molecule has 0 aromatic rings. The summed E-state index contributed by atoms with van der Waals surface area (Å²) in [4.78, 5) is 69.1. The van der Waals surface area contributed by atoms with Gasteiger partial charge in [-0.25, -0.2) is 4.79 Å². The fraction of sp³-hybridized carbons (Fsp3) is 0.571. The number of nitrogens with two attached hydrogens (primary N) is 2. The van der Waals surface area contributed by atoms with Crippen molar-refractivity contribution in [3.05, 3.63) is 0 Å². The number of rotatable bonds is 13. The topological polar surface area (TPSA) is 251 Å². The van der Waals surface area contributed by atoms with Gasteiger partial charge in [-0.2, -0.15) is 12.6 Å². The number of aliphatic carboxylic acids is 2. The smallest absolute Gasteiger partial charge is 0.326 e. The minimum atomic E-state index is -1.84. The molecule has 0 bridgehead atoms. The van der Waals surface area contributed by atoms with E-state index in [9.17, 15) is 33.9 Å². The van der Waals surface area contributed by atoms with E-state index in [1.807, 2.05) is 10.6 Å². The molecule has 0 aliphatic heterocycles. The summed E-state index contributed by atoms with van der Waals surface area (Å²) >= 11 is 3.81. The van der Waals surface area contributed by atoms with Crippen LogP contribution in [-0.4, -0.2) is 87.4 Å². The molecule has 0 spiro atoms. The van der Waals surface area contributed by atoms with Gasteiger partial charge in [0.05, 0.1) is 25.5 Å². The van der Waals surface area contributed by atoms with Crippen LogP contribution < -0.4 is 27.4 Å². The zero-order valence-electron chi connectivity index (χ0n) is 15.0. The highest BCUT2D eigenvalue weighted by Crippen LogP contribution is 1.99. The number of amides is 4. The summed E-state index contributed by atoms with van der Waals surface area (Å²) in [6, 6.07) is -6.17. The van der Waals surface area contributed by atoms with E-state index in [1.54, 1.807) is 0 Å². The van der Waals surface area contributed by atoms with Crippen molar-refractivity contribution in [3.8, 4) is 0 Å². The highest BCUT2D eigenvalue weighted by atomic mass is 32.1. The van der Waals surface area contributed by atoms with Gasteiger partial charge >= 0.3 is 11.9 Å². The molecule has 0 fully saturated rings. The molecule has 10 N–H and O–H groups in total. The minimum Gasteiger partial charge on any atom is -0.481 e. The first kappa shape index (κ1) is 26.1. The van der Waals surface area contributed by atoms with Crippen LogP contribution in [0.4, 0.5) is 0 Å². The first-order valence-electron chi connectivity index (χ1n) is 8.04. The van der Waals surface area contributed by atoms with Crippen molar-refractivity contribution in [2.45, 2.75) is 37.0 Å². The molecule has 0 saturated heterocycles. The third-order valence-corrected chi connectivity index (χ3v) is 3.77. The molecule has 0 aromatic carbocycles. The second kappa shape index (κ2) is 12.5. The number of hydrogen-bond acceptors (Lipinski definition) is 9. The van der Waals surface area contributed by atoms with Crippen molar-refractivity contribution in [3.63, 3.8) is 0 Å². The van der Waals surface area contributed by atoms with E-state index in [0.717, 1.165) is 0 Å². The summed E-state index contributed by atoms with van der Waals surface area (Å²) in [5.41, 5.74) is 10.4. The van der Waals surface area contributed by atoms with Gasteiger partial charge in [0.2, 0.25) is 23.6 Å². The van der Waals surface area contributed by atoms with E-state index in [2.05, 4.69) is 17.9 Å². The Bertz CT molecular complexity index is 659. The number of hydrogen-bond donors (Lipinski definition) is 9. The lowest BCUT2D eigenvalue weighted by Gasteiger charge is -2.23. The monoisotopic (exact) mass is 437 g/mol. The van der Waals surface area contributed by atoms with Gasteiger partial charge < -0.3 is 42.7 Å². The number of carbonyl (C=O) groups excluding carboxylic acids is 4. The summed E-state index contributed by atoms with van der Waals surface area (Å²) in [6.45, 7) is -0.890. The number of primary amides is 1. The van der Waals surface area contributed by atoms with Crippen LogP contribution in [0.5, 0.6) is 0 Å². The van der Waals surface area contributed by atoms with E-state index in [0.29, 0.717) is 0 Å². The SMILES string of the molecule is NC(=O)CC(NC(=O)C(CO)NC(=O)C(N)CS)C(=O)NC(CC(=O)O)C(=O)O. The predicted molar refractivity (Wildman–Crippen MR) is 98.4 cm³/mol. The summed E-state index contributed by atoms with van der Waals surface area (Å²) in [7, 11) is 0. The summed E-state index contributed by atoms with van der Waals surface area (Å²) in [5, 5.41) is 32.9. The number of aliphatic hydroxyl groups excluding tert-OH is 1. The Kier molecular flexibility index (Phi) is 11.3. The maximum Gasteiger partial charge on any atom is 0.326 e. The van der Waals surface area contributed by atoms with Crippen molar-refractivity contribution in [1.82, 2.24) is 16.0 Å². The van der Waals surface area contributed by atoms with E-state index >= 15 is 0 Å². The minimum absolute atomic E-state index is 0.0571. The molecule has 4 amide bonds. The Hall–Kier alpha value is -2.91. The maximum absolute atomic E-state index is 12.2. The van der Waals surface area contributed by atoms with Crippen molar-refractivity contribution in [1.29, 1.82) is 0 Å². The largest absolute Gasteiger partial charge is 0.481 e. The molecular formula is C14H23N5O9S. The third kappa shape index (κ3) is 9.72. The van der Waals surface area contributed by atoms with E-state index < -0.39 is 79.2 Å². The number of carboxylic acid groups (broad SMARTS) is 2. The summed E-state index contributed by atoms with van der Waals surface area (Å²) < 4.78 is 0. The van der Waals surface area contributed by atoms with Crippen molar-refractivity contribution in [2.24, 2.45) is 11.5 Å². The molecule has 14 nitrogen and oxygen atoms in total. The molecule has 15 heteroatoms. The molecule has 0 saturated carbocycles. The van der Waals surface area contributed by atoms with E-state index in [4.69, 9.17) is 21.7 Å². The fourth-order valence-electron chi connectivity index (χ4n) is 1.89. The molecule has 0 aliphatic rings. The maximum atomic E-state index is 12.2. The molecule has 0 radical (unpaired) electrons. The van der Waals surface area contributed by atoms with Crippen LogP contribution in [0.3, 0.4) is 0 Å². The summed E-state index contributed by atoms with van der Waals surface area (Å²) in [6.07, 6.45) is -1.73. The lowest BCUT2D eigenvalue weighted by atomic mass is 10.1. The van der Waals surface area contributed by atoms with Crippen molar-refractivity contribution < 1.29 is 44.1 Å². The van der Waals surface area contributed by atoms with Crippen LogP contribution in [0.1, 0.15) is 12.8 Å². The Labute approximate surface area is 169 Å². The van der Waals surface area contributed by atoms with Crippen LogP contribution in [-0.2, 0) is 28.8 Å². The second-order valence-corrected chi connectivity index (χ2v) is 6.13. The average molecular weight is 437 g/mol. The van der Waals surface area contributed by atoms with Gasteiger partial charge in [0.15, 0.2) is 0 Å². The third-order valence-electron chi connectivity index (χ3n) is 3.38. The molecule has 4 atom stereocenters. The van der Waals surface area contributed by atoms with Crippen LogP contribution in [0.2, 0.25) is 0 Å². The lowest BCUT2D eigenvalue weighted by molar-refractivity contribution is -0.147. The van der Waals surface area contributed by atoms with Crippen LogP contribution in [0.15, 0.2) is 0 Å². The van der Waals surface area contributed by atoms with Gasteiger partial charge in [-0.3, -0.25) is 24.0 Å². The van der Waals surface area contributed by atoms with Gasteiger partial charge in [0.1, 0.15) is 18.1 Å². The van der Waals surface area contributed by atoms with Crippen molar-refractivity contribution in [2.75, 3.05) is 12.4 Å². The summed E-state index contributed by atoms with van der Waals surface area (Å²) in [5.74, 6) is -7.41. The Morgan fingerprint density at radius 3 is 1.72 bits per heavy atom. The Morgan fingerprint density at radius 1 is 0.828 bits per heavy atom. The fourth-order valence-corrected chi connectivity index (χ4v) is 2.05. The average Bonchev–Trinajstić information content (AvgIpc) is 2.62. The quantitative estimate of drug-likeness (QED) is 0.124. The Balaban J connectivity index is 5.29. The highest BCUT2D eigenvalue weighted by molar-refractivity contribution is 7.80. The number of carboxylic acids is 2. The van der Waals surface area contributed by atoms with Crippen LogP contribution in [0, 0.1) is 0 Å². The molecule has 0 aliphatic carbocycles. The molecular weight excluding hydrogens is 414 g/mol. The molecule has 0 rings (SSSR count). The number of thiol groups is 1. The lowest BCUT2D eigenvalue weighted by Crippen LogP contribution is -2.58. The molecule has 4 unspecified atom stereocenters. The zero-order chi connectivity index (χ0) is 22.7. The Morgan fingerprint density at radius 2 is 1.31 bits per heavy atom. The number of carbonyl (C=O) groups is 6. The molecule has 0 heterocycles. The second-order valence-electron chi connectivity index (χ2n) is 5.76. The molecule has 29 heavy (non-hydrogen) atoms. The number of aliphatic hydroxyl groups is 1. The van der Waals surface area contributed by atoms with E-state index in [-0.39, 0.29) is 5.75 Å². The van der Waals surface area contributed by atoms with Crippen molar-refractivity contribution >= 4 is 48.2 Å². The van der Waals surface area contributed by atoms with Gasteiger partial charge in [-0.15, -0.1) is 0 Å². The first-order valence-corrected chi connectivity index (χ1v) is 8.67. The zero-order valence-corrected chi connectivity index (χ0v) is 15.9. The van der Waals surface area contributed by atoms with Gasteiger partial charge in [0, 0.05) is 5.75 Å².